The topological polar surface area (TPSA) is 87.2 Å². The third-order valence-corrected chi connectivity index (χ3v) is 5.84. The molecule has 31 heavy (non-hydrogen) atoms. The Hall–Kier alpha value is -3.04. The Morgan fingerprint density at radius 3 is 2.77 bits per heavy atom. The normalized spacial score (nSPS) is 15.0. The van der Waals surface area contributed by atoms with Crippen molar-refractivity contribution >= 4 is 23.3 Å². The summed E-state index contributed by atoms with van der Waals surface area (Å²) in [7, 11) is 0. The Labute approximate surface area is 185 Å². The number of carbonyl (C=O) groups is 1. The van der Waals surface area contributed by atoms with Gasteiger partial charge in [-0.2, -0.15) is 5.10 Å². The third-order valence-electron chi connectivity index (χ3n) is 5.02. The molecule has 1 aliphatic rings. The third kappa shape index (κ3) is 5.99. The number of rotatable bonds is 7. The average Bonchev–Trinajstić information content (AvgIpc) is 3.39. The van der Waals surface area contributed by atoms with Crippen molar-refractivity contribution < 1.29 is 9.53 Å². The number of nitrogens with zero attached hydrogens (tertiary/aromatic N) is 5. The Morgan fingerprint density at radius 1 is 1.23 bits per heavy atom. The number of ether oxygens (including phenoxy) is 1. The summed E-state index contributed by atoms with van der Waals surface area (Å²) in [6, 6.07) is 7.73. The van der Waals surface area contributed by atoms with Crippen LogP contribution in [-0.2, 0) is 17.9 Å². The summed E-state index contributed by atoms with van der Waals surface area (Å²) in [5.41, 5.74) is 1.86. The molecule has 1 amide bonds. The van der Waals surface area contributed by atoms with E-state index >= 15 is 0 Å². The van der Waals surface area contributed by atoms with Gasteiger partial charge in [-0.1, -0.05) is 12.1 Å². The molecule has 1 N–H and O–H groups in total. The second kappa shape index (κ2) is 9.84. The maximum Gasteiger partial charge on any atom is 0.246 e. The Morgan fingerprint density at radius 2 is 2.06 bits per heavy atom. The van der Waals surface area contributed by atoms with Gasteiger partial charge in [0.05, 0.1) is 17.2 Å². The molecule has 8 nitrogen and oxygen atoms in total. The minimum absolute atomic E-state index is 0.0256. The summed E-state index contributed by atoms with van der Waals surface area (Å²) in [6.07, 6.45) is 3.47. The van der Waals surface area contributed by atoms with Crippen LogP contribution >= 0.6 is 11.3 Å². The number of piperazine rings is 1. The van der Waals surface area contributed by atoms with E-state index in [9.17, 15) is 4.79 Å². The van der Waals surface area contributed by atoms with E-state index in [-0.39, 0.29) is 5.91 Å². The number of hydrogen-bond acceptors (Lipinski definition) is 7. The van der Waals surface area contributed by atoms with Gasteiger partial charge in [-0.25, -0.2) is 9.97 Å². The fourth-order valence-electron chi connectivity index (χ4n) is 3.40. The first-order valence-corrected chi connectivity index (χ1v) is 11.1. The van der Waals surface area contributed by atoms with Crippen molar-refractivity contribution in [1.82, 2.24) is 30.0 Å². The molecule has 0 atom stereocenters. The molecule has 0 bridgehead atoms. The van der Waals surface area contributed by atoms with Crippen LogP contribution in [0, 0.1) is 13.8 Å². The predicted octanol–water partition coefficient (Wildman–Crippen LogP) is 2.81. The van der Waals surface area contributed by atoms with Crippen LogP contribution in [0.5, 0.6) is 5.75 Å². The van der Waals surface area contributed by atoms with Crippen molar-refractivity contribution in [3.63, 3.8) is 0 Å². The summed E-state index contributed by atoms with van der Waals surface area (Å²) in [6.45, 7) is 8.03. The molecule has 1 aromatic carbocycles. The van der Waals surface area contributed by atoms with Gasteiger partial charge in [0, 0.05) is 37.6 Å². The molecule has 0 radical (unpaired) electrons. The van der Waals surface area contributed by atoms with Gasteiger partial charge in [0.25, 0.3) is 0 Å². The second-order valence-corrected chi connectivity index (χ2v) is 8.55. The number of nitrogens with one attached hydrogen (secondary N) is 1. The summed E-state index contributed by atoms with van der Waals surface area (Å²) in [4.78, 5) is 25.5. The van der Waals surface area contributed by atoms with Crippen LogP contribution in [0.25, 0.3) is 6.08 Å². The van der Waals surface area contributed by atoms with Gasteiger partial charge in [0.15, 0.2) is 5.82 Å². The van der Waals surface area contributed by atoms with Crippen molar-refractivity contribution in [2.75, 3.05) is 26.2 Å². The molecule has 3 heterocycles. The number of H-pyrrole nitrogens is 1. The van der Waals surface area contributed by atoms with Crippen molar-refractivity contribution in [1.29, 1.82) is 0 Å². The molecular weight excluding hydrogens is 412 g/mol. The molecule has 162 valence electrons. The predicted molar refractivity (Wildman–Crippen MR) is 120 cm³/mol. The number of amides is 1. The van der Waals surface area contributed by atoms with Gasteiger partial charge in [-0.05, 0) is 37.6 Å². The van der Waals surface area contributed by atoms with Gasteiger partial charge in [-0.15, -0.1) is 11.3 Å². The molecule has 0 unspecified atom stereocenters. The van der Waals surface area contributed by atoms with E-state index in [4.69, 9.17) is 4.74 Å². The Bertz CT molecular complexity index is 1050. The van der Waals surface area contributed by atoms with Crippen LogP contribution in [0.2, 0.25) is 0 Å². The van der Waals surface area contributed by atoms with Crippen LogP contribution in [0.1, 0.15) is 27.9 Å². The lowest BCUT2D eigenvalue weighted by Gasteiger charge is -2.33. The molecular formula is C22H26N6O2S. The van der Waals surface area contributed by atoms with Gasteiger partial charge in [-0.3, -0.25) is 14.8 Å². The Balaban J connectivity index is 1.26. The maximum absolute atomic E-state index is 12.6. The molecule has 1 saturated heterocycles. The van der Waals surface area contributed by atoms with Crippen molar-refractivity contribution in [2.24, 2.45) is 0 Å². The smallest absolute Gasteiger partial charge is 0.246 e. The lowest BCUT2D eigenvalue weighted by molar-refractivity contribution is -0.127. The first-order chi connectivity index (χ1) is 15.0. The summed E-state index contributed by atoms with van der Waals surface area (Å²) in [5.74, 6) is 2.40. The lowest BCUT2D eigenvalue weighted by Crippen LogP contribution is -2.47. The highest BCUT2D eigenvalue weighted by Gasteiger charge is 2.20. The number of aryl methyl sites for hydroxylation is 2. The molecule has 0 aliphatic carbocycles. The first-order valence-electron chi connectivity index (χ1n) is 10.3. The zero-order chi connectivity index (χ0) is 21.6. The fraction of sp³-hybridized carbons (Fsp3) is 0.364. The molecule has 1 aliphatic heterocycles. The number of hydrogen-bond donors (Lipinski definition) is 1. The van der Waals surface area contributed by atoms with E-state index in [0.29, 0.717) is 26.2 Å². The number of aromatic nitrogens is 4. The highest BCUT2D eigenvalue weighted by atomic mass is 32.1. The van der Waals surface area contributed by atoms with E-state index < -0.39 is 0 Å². The van der Waals surface area contributed by atoms with Gasteiger partial charge >= 0.3 is 0 Å². The van der Waals surface area contributed by atoms with Crippen LogP contribution < -0.4 is 4.74 Å². The quantitative estimate of drug-likeness (QED) is 0.571. The van der Waals surface area contributed by atoms with Crippen LogP contribution in [0.4, 0.5) is 0 Å². The van der Waals surface area contributed by atoms with Crippen LogP contribution in [0.15, 0.2) is 35.7 Å². The number of carbonyl (C=O) groups excluding carboxylic acids is 1. The van der Waals surface area contributed by atoms with E-state index in [1.807, 2.05) is 54.5 Å². The summed E-state index contributed by atoms with van der Waals surface area (Å²) >= 11 is 1.61. The minimum atomic E-state index is 0.0256. The summed E-state index contributed by atoms with van der Waals surface area (Å²) < 4.78 is 5.83. The van der Waals surface area contributed by atoms with Gasteiger partial charge < -0.3 is 9.64 Å². The highest BCUT2D eigenvalue weighted by Crippen LogP contribution is 2.17. The molecule has 3 aromatic rings. The molecule has 9 heteroatoms. The molecule has 4 rings (SSSR count). The van der Waals surface area contributed by atoms with E-state index in [1.165, 1.54) is 0 Å². The van der Waals surface area contributed by atoms with Crippen LogP contribution in [-0.4, -0.2) is 62.1 Å². The monoisotopic (exact) mass is 438 g/mol. The molecule has 1 fully saturated rings. The number of thiazole rings is 1. The average molecular weight is 439 g/mol. The van der Waals surface area contributed by atoms with Crippen molar-refractivity contribution in [3.8, 4) is 5.75 Å². The van der Waals surface area contributed by atoms with E-state index in [2.05, 4.69) is 25.1 Å². The van der Waals surface area contributed by atoms with Crippen LogP contribution in [0.3, 0.4) is 0 Å². The molecule has 0 saturated carbocycles. The zero-order valence-electron chi connectivity index (χ0n) is 17.7. The van der Waals surface area contributed by atoms with Crippen molar-refractivity contribution in [3.05, 3.63) is 63.6 Å². The highest BCUT2D eigenvalue weighted by molar-refractivity contribution is 7.09. The fourth-order valence-corrected chi connectivity index (χ4v) is 4.00. The zero-order valence-corrected chi connectivity index (χ0v) is 18.6. The standard InChI is InChI=1S/C22H26N6O2S/c1-16-23-21(26-25-16)13-27-8-10-28(11-9-27)22(29)7-6-18-4-3-5-20(12-18)30-14-19-15-31-17(2)24-19/h3-7,12,15H,8-11,13-14H2,1-2H3,(H,23,25,26)/b7-6+. The Kier molecular flexibility index (Phi) is 6.73. The largest absolute Gasteiger partial charge is 0.487 e. The van der Waals surface area contributed by atoms with E-state index in [1.54, 1.807) is 17.4 Å². The first kappa shape index (κ1) is 21.2. The maximum atomic E-state index is 12.6. The second-order valence-electron chi connectivity index (χ2n) is 7.49. The SMILES string of the molecule is Cc1nc(CN2CCN(C(=O)/C=C/c3cccc(OCc4csc(C)n4)c3)CC2)n[nH]1. The van der Waals surface area contributed by atoms with Crippen molar-refractivity contribution in [2.45, 2.75) is 27.0 Å². The summed E-state index contributed by atoms with van der Waals surface area (Å²) in [5, 5.41) is 10.1. The van der Waals surface area contributed by atoms with Gasteiger partial charge in [0.2, 0.25) is 5.91 Å². The molecule has 0 spiro atoms. The van der Waals surface area contributed by atoms with E-state index in [0.717, 1.165) is 46.8 Å². The molecule has 2 aromatic heterocycles. The lowest BCUT2D eigenvalue weighted by atomic mass is 10.2. The number of benzene rings is 1. The minimum Gasteiger partial charge on any atom is -0.487 e. The van der Waals surface area contributed by atoms with Gasteiger partial charge in [0.1, 0.15) is 18.2 Å². The number of aromatic amines is 1.